The lowest BCUT2D eigenvalue weighted by molar-refractivity contribution is 0.0647. The molecule has 21 heavy (non-hydrogen) atoms. The van der Waals surface area contributed by atoms with E-state index < -0.39 is 5.82 Å². The monoisotopic (exact) mass is 290 g/mol. The van der Waals surface area contributed by atoms with Crippen molar-refractivity contribution in [1.82, 2.24) is 4.90 Å². The van der Waals surface area contributed by atoms with E-state index in [2.05, 4.69) is 11.8 Å². The molecule has 1 aromatic rings. The average Bonchev–Trinajstić information content (AvgIpc) is 2.86. The second-order valence-corrected chi connectivity index (χ2v) is 5.21. The fourth-order valence-corrected chi connectivity index (χ4v) is 2.60. The summed E-state index contributed by atoms with van der Waals surface area (Å²) in [6.07, 6.45) is 0.847. The minimum atomic E-state index is -0.533. The molecule has 1 aliphatic rings. The van der Waals surface area contributed by atoms with Crippen LogP contribution in [0.3, 0.4) is 0 Å². The predicted molar refractivity (Wildman–Crippen MR) is 78.0 cm³/mol. The minimum absolute atomic E-state index is 0.0740. The van der Waals surface area contributed by atoms with Crippen LogP contribution in [-0.2, 0) is 0 Å². The molecule has 2 unspecified atom stereocenters. The first-order chi connectivity index (χ1) is 10.1. The number of carbonyl (C=O) groups is 1. The van der Waals surface area contributed by atoms with Crippen molar-refractivity contribution in [3.63, 3.8) is 0 Å². The molecule has 1 heterocycles. The highest BCUT2D eigenvalue weighted by Crippen LogP contribution is 2.25. The summed E-state index contributed by atoms with van der Waals surface area (Å²) in [6.45, 7) is 2.67. The molecule has 112 valence electrons. The molecule has 0 radical (unpaired) electrons. The van der Waals surface area contributed by atoms with Crippen LogP contribution in [0.1, 0.15) is 29.3 Å². The summed E-state index contributed by atoms with van der Waals surface area (Å²) in [5.41, 5.74) is 5.75. The van der Waals surface area contributed by atoms with Crippen molar-refractivity contribution >= 4 is 5.91 Å². The number of aliphatic hydroxyl groups excluding tert-OH is 1. The fraction of sp³-hybridized carbons (Fsp3) is 0.438. The molecule has 1 aromatic carbocycles. The molecule has 0 bridgehead atoms. The largest absolute Gasteiger partial charge is 0.394 e. The highest BCUT2D eigenvalue weighted by atomic mass is 19.1. The first-order valence-electron chi connectivity index (χ1n) is 6.98. The minimum Gasteiger partial charge on any atom is -0.394 e. The number of hydrogen-bond donors (Lipinski definition) is 2. The van der Waals surface area contributed by atoms with Crippen LogP contribution in [0.25, 0.3) is 0 Å². The Morgan fingerprint density at radius 2 is 2.33 bits per heavy atom. The molecule has 0 saturated carbocycles. The third-order valence-corrected chi connectivity index (χ3v) is 3.87. The Labute approximate surface area is 123 Å². The van der Waals surface area contributed by atoms with Gasteiger partial charge in [0.25, 0.3) is 5.91 Å². The highest BCUT2D eigenvalue weighted by molar-refractivity contribution is 5.94. The van der Waals surface area contributed by atoms with Gasteiger partial charge in [0.2, 0.25) is 0 Å². The molecule has 1 amide bonds. The Kier molecular flexibility index (Phi) is 4.94. The number of hydrogen-bond acceptors (Lipinski definition) is 3. The number of carbonyl (C=O) groups excluding carboxylic acids is 1. The number of aliphatic hydroxyl groups is 1. The van der Waals surface area contributed by atoms with Crippen LogP contribution >= 0.6 is 0 Å². The zero-order valence-electron chi connectivity index (χ0n) is 12.0. The molecule has 2 rings (SSSR count). The van der Waals surface area contributed by atoms with E-state index in [0.29, 0.717) is 6.54 Å². The first-order valence-corrected chi connectivity index (χ1v) is 6.98. The Hall–Kier alpha value is -1.90. The average molecular weight is 290 g/mol. The van der Waals surface area contributed by atoms with Gasteiger partial charge in [-0.25, -0.2) is 4.39 Å². The van der Waals surface area contributed by atoms with Crippen molar-refractivity contribution in [3.05, 3.63) is 35.1 Å². The second kappa shape index (κ2) is 6.70. The van der Waals surface area contributed by atoms with Gasteiger partial charge in [-0.05, 0) is 30.5 Å². The maximum Gasteiger partial charge on any atom is 0.254 e. The molecular formula is C16H19FN2O2. The van der Waals surface area contributed by atoms with E-state index in [1.807, 2.05) is 6.92 Å². The zero-order valence-corrected chi connectivity index (χ0v) is 12.0. The Balaban J connectivity index is 2.22. The predicted octanol–water partition coefficient (Wildman–Crippen LogP) is 0.979. The maximum atomic E-state index is 13.9. The van der Waals surface area contributed by atoms with Crippen molar-refractivity contribution in [3.8, 4) is 11.8 Å². The van der Waals surface area contributed by atoms with E-state index in [1.165, 1.54) is 12.1 Å². The lowest BCUT2D eigenvalue weighted by Gasteiger charge is -2.25. The van der Waals surface area contributed by atoms with E-state index in [0.717, 1.165) is 6.42 Å². The van der Waals surface area contributed by atoms with Crippen LogP contribution < -0.4 is 5.73 Å². The van der Waals surface area contributed by atoms with Crippen LogP contribution in [0.2, 0.25) is 0 Å². The van der Waals surface area contributed by atoms with Gasteiger partial charge in [-0.2, -0.15) is 0 Å². The number of benzene rings is 1. The second-order valence-electron chi connectivity index (χ2n) is 5.21. The molecule has 5 heteroatoms. The SMILES string of the molecule is CC1CCN(C(=O)c2ccc(C#CCN)c(F)c2)C1CO. The third-order valence-electron chi connectivity index (χ3n) is 3.87. The molecule has 0 aliphatic carbocycles. The third kappa shape index (κ3) is 3.23. The number of likely N-dealkylation sites (tertiary alicyclic amines) is 1. The summed E-state index contributed by atoms with van der Waals surface area (Å²) in [5.74, 6) is 4.66. The van der Waals surface area contributed by atoms with Gasteiger partial charge in [-0.15, -0.1) is 0 Å². The molecule has 1 saturated heterocycles. The van der Waals surface area contributed by atoms with E-state index in [9.17, 15) is 14.3 Å². The molecule has 1 aliphatic heterocycles. The van der Waals surface area contributed by atoms with Crippen molar-refractivity contribution < 1.29 is 14.3 Å². The number of nitrogens with zero attached hydrogens (tertiary/aromatic N) is 1. The van der Waals surface area contributed by atoms with E-state index in [1.54, 1.807) is 11.0 Å². The topological polar surface area (TPSA) is 66.6 Å². The van der Waals surface area contributed by atoms with Gasteiger partial charge in [-0.1, -0.05) is 18.8 Å². The van der Waals surface area contributed by atoms with Crippen LogP contribution in [0.15, 0.2) is 18.2 Å². The van der Waals surface area contributed by atoms with Gasteiger partial charge in [-0.3, -0.25) is 4.79 Å². The van der Waals surface area contributed by atoms with Gasteiger partial charge < -0.3 is 15.7 Å². The van der Waals surface area contributed by atoms with Gasteiger partial charge in [0, 0.05) is 12.1 Å². The molecule has 0 spiro atoms. The number of amides is 1. The highest BCUT2D eigenvalue weighted by Gasteiger charge is 2.34. The summed E-state index contributed by atoms with van der Waals surface area (Å²) in [7, 11) is 0. The molecular weight excluding hydrogens is 271 g/mol. The number of rotatable bonds is 2. The number of halogens is 1. The van der Waals surface area contributed by atoms with E-state index in [-0.39, 0.29) is 42.1 Å². The van der Waals surface area contributed by atoms with Gasteiger partial charge in [0.05, 0.1) is 24.8 Å². The Bertz CT molecular complexity index is 592. The fourth-order valence-electron chi connectivity index (χ4n) is 2.60. The zero-order chi connectivity index (χ0) is 15.4. The van der Waals surface area contributed by atoms with Crippen molar-refractivity contribution in [2.75, 3.05) is 19.7 Å². The summed E-state index contributed by atoms with van der Waals surface area (Å²) >= 11 is 0. The van der Waals surface area contributed by atoms with Crippen LogP contribution in [0.4, 0.5) is 4.39 Å². The van der Waals surface area contributed by atoms with Crippen molar-refractivity contribution in [1.29, 1.82) is 0 Å². The molecule has 0 aromatic heterocycles. The lowest BCUT2D eigenvalue weighted by atomic mass is 10.0. The molecule has 4 nitrogen and oxygen atoms in total. The van der Waals surface area contributed by atoms with Crippen molar-refractivity contribution in [2.24, 2.45) is 11.7 Å². The van der Waals surface area contributed by atoms with Crippen LogP contribution in [0, 0.1) is 23.6 Å². The van der Waals surface area contributed by atoms with Gasteiger partial charge in [0.1, 0.15) is 5.82 Å². The quantitative estimate of drug-likeness (QED) is 0.798. The van der Waals surface area contributed by atoms with Crippen molar-refractivity contribution in [2.45, 2.75) is 19.4 Å². The maximum absolute atomic E-state index is 13.9. The summed E-state index contributed by atoms with van der Waals surface area (Å²) in [5, 5.41) is 9.40. The number of nitrogens with two attached hydrogens (primary N) is 1. The summed E-state index contributed by atoms with van der Waals surface area (Å²) in [6, 6.07) is 4.04. The van der Waals surface area contributed by atoms with E-state index in [4.69, 9.17) is 5.73 Å². The van der Waals surface area contributed by atoms with E-state index >= 15 is 0 Å². The smallest absolute Gasteiger partial charge is 0.254 e. The first kappa shape index (κ1) is 15.5. The van der Waals surface area contributed by atoms with Gasteiger partial charge >= 0.3 is 0 Å². The van der Waals surface area contributed by atoms with Crippen LogP contribution in [-0.4, -0.2) is 41.7 Å². The Morgan fingerprint density at radius 3 is 2.95 bits per heavy atom. The molecule has 1 fully saturated rings. The normalized spacial score (nSPS) is 21.0. The Morgan fingerprint density at radius 1 is 1.57 bits per heavy atom. The summed E-state index contributed by atoms with van der Waals surface area (Å²) < 4.78 is 13.9. The summed E-state index contributed by atoms with van der Waals surface area (Å²) in [4.78, 5) is 14.0. The standard InChI is InChI=1S/C16H19FN2O2/c1-11-6-8-19(15(11)10-20)16(21)13-5-4-12(3-2-7-18)14(17)9-13/h4-5,9,11,15,20H,6-8,10,18H2,1H3. The lowest BCUT2D eigenvalue weighted by Crippen LogP contribution is -2.39. The van der Waals surface area contributed by atoms with Gasteiger partial charge in [0.15, 0.2) is 0 Å². The molecule has 3 N–H and O–H groups in total. The molecule has 2 atom stereocenters. The van der Waals surface area contributed by atoms with Crippen LogP contribution in [0.5, 0.6) is 0 Å².